The molecule has 2 N–H and O–H groups in total. The summed E-state index contributed by atoms with van der Waals surface area (Å²) in [5, 5.41) is 6.18. The molecule has 25 heavy (non-hydrogen) atoms. The van der Waals surface area contributed by atoms with Crippen LogP contribution in [-0.4, -0.2) is 15.9 Å². The lowest BCUT2D eigenvalue weighted by Crippen LogP contribution is -2.15. The molecule has 1 amide bonds. The van der Waals surface area contributed by atoms with Crippen LogP contribution in [0.4, 0.5) is 11.4 Å². The molecule has 0 unspecified atom stereocenters. The summed E-state index contributed by atoms with van der Waals surface area (Å²) in [6, 6.07) is 15.2. The van der Waals surface area contributed by atoms with E-state index in [-0.39, 0.29) is 5.91 Å². The van der Waals surface area contributed by atoms with Gasteiger partial charge in [0.05, 0.1) is 12.2 Å². The van der Waals surface area contributed by atoms with Crippen molar-refractivity contribution < 1.29 is 4.79 Å². The summed E-state index contributed by atoms with van der Waals surface area (Å²) in [6.07, 6.45) is 3.38. The number of benzene rings is 1. The summed E-state index contributed by atoms with van der Waals surface area (Å²) in [5.41, 5.74) is 5.12. The van der Waals surface area contributed by atoms with Gasteiger partial charge in [0.25, 0.3) is 5.91 Å². The van der Waals surface area contributed by atoms with Gasteiger partial charge >= 0.3 is 0 Å². The van der Waals surface area contributed by atoms with Gasteiger partial charge in [0, 0.05) is 23.8 Å². The molecule has 0 bridgehead atoms. The molecule has 0 atom stereocenters. The molecule has 2 aromatic heterocycles. The van der Waals surface area contributed by atoms with Crippen molar-refractivity contribution in [1.29, 1.82) is 0 Å². The average molecular weight is 332 g/mol. The molecule has 0 saturated heterocycles. The largest absolute Gasteiger partial charge is 0.379 e. The van der Waals surface area contributed by atoms with Crippen LogP contribution in [0.5, 0.6) is 0 Å². The fourth-order valence-electron chi connectivity index (χ4n) is 2.43. The second kappa shape index (κ2) is 7.57. The minimum atomic E-state index is -0.227. The van der Waals surface area contributed by atoms with Gasteiger partial charge in [-0.05, 0) is 55.3 Å². The van der Waals surface area contributed by atoms with E-state index in [1.807, 2.05) is 56.3 Å². The molecule has 3 aromatic rings. The minimum Gasteiger partial charge on any atom is -0.379 e. The number of carbonyl (C=O) groups excluding carboxylic acids is 1. The second-order valence-corrected chi connectivity index (χ2v) is 5.81. The molecule has 5 nitrogen and oxygen atoms in total. The summed E-state index contributed by atoms with van der Waals surface area (Å²) in [5.74, 6) is -0.227. The predicted octanol–water partition coefficient (Wildman–Crippen LogP) is 3.96. The maximum absolute atomic E-state index is 12.5. The Morgan fingerprint density at radius 2 is 1.88 bits per heavy atom. The number of carbonyl (C=O) groups is 1. The van der Waals surface area contributed by atoms with Crippen molar-refractivity contribution in [2.24, 2.45) is 0 Å². The van der Waals surface area contributed by atoms with Crippen LogP contribution in [0, 0.1) is 13.8 Å². The van der Waals surface area contributed by atoms with Gasteiger partial charge in [-0.3, -0.25) is 14.8 Å². The standard InChI is InChI=1S/C20H20N4O/c1-14-6-5-8-18(15(14)2)24-20(25)19-12-16(9-11-22-19)23-13-17-7-3-4-10-21-17/h3-12H,13H2,1-2H3,(H,22,23)(H,24,25). The summed E-state index contributed by atoms with van der Waals surface area (Å²) in [6.45, 7) is 4.59. The number of aromatic nitrogens is 2. The molecule has 2 heterocycles. The van der Waals surface area contributed by atoms with Crippen LogP contribution >= 0.6 is 0 Å². The van der Waals surface area contributed by atoms with E-state index in [1.165, 1.54) is 0 Å². The van der Waals surface area contributed by atoms with Gasteiger partial charge in [-0.15, -0.1) is 0 Å². The van der Waals surface area contributed by atoms with Gasteiger partial charge in [-0.2, -0.15) is 0 Å². The topological polar surface area (TPSA) is 66.9 Å². The summed E-state index contributed by atoms with van der Waals surface area (Å²) in [4.78, 5) is 20.9. The highest BCUT2D eigenvalue weighted by atomic mass is 16.1. The Kier molecular flexibility index (Phi) is 5.04. The molecule has 0 fully saturated rings. The third-order valence-corrected chi connectivity index (χ3v) is 4.05. The quantitative estimate of drug-likeness (QED) is 0.742. The molecule has 0 aliphatic heterocycles. The lowest BCUT2D eigenvalue weighted by Gasteiger charge is -2.11. The number of nitrogens with one attached hydrogen (secondary N) is 2. The van der Waals surface area contributed by atoms with E-state index in [9.17, 15) is 4.79 Å². The summed E-state index contributed by atoms with van der Waals surface area (Å²) < 4.78 is 0. The monoisotopic (exact) mass is 332 g/mol. The number of anilines is 2. The van der Waals surface area contributed by atoms with Gasteiger partial charge < -0.3 is 10.6 Å². The van der Waals surface area contributed by atoms with Crippen molar-refractivity contribution in [2.75, 3.05) is 10.6 Å². The van der Waals surface area contributed by atoms with Crippen LogP contribution < -0.4 is 10.6 Å². The Balaban J connectivity index is 1.70. The normalized spacial score (nSPS) is 10.3. The first-order valence-electron chi connectivity index (χ1n) is 8.11. The highest BCUT2D eigenvalue weighted by Gasteiger charge is 2.10. The Hall–Kier alpha value is -3.21. The van der Waals surface area contributed by atoms with Gasteiger partial charge in [-0.1, -0.05) is 18.2 Å². The minimum absolute atomic E-state index is 0.227. The third kappa shape index (κ3) is 4.20. The number of amides is 1. The number of aryl methyl sites for hydroxylation is 1. The molecule has 0 aliphatic rings. The van der Waals surface area contributed by atoms with E-state index in [1.54, 1.807) is 18.5 Å². The average Bonchev–Trinajstić information content (AvgIpc) is 2.65. The van der Waals surface area contributed by atoms with Gasteiger partial charge in [0.2, 0.25) is 0 Å². The van der Waals surface area contributed by atoms with E-state index < -0.39 is 0 Å². The molecule has 0 spiro atoms. The highest BCUT2D eigenvalue weighted by molar-refractivity contribution is 6.03. The zero-order valence-corrected chi connectivity index (χ0v) is 14.3. The van der Waals surface area contributed by atoms with Crippen LogP contribution in [0.25, 0.3) is 0 Å². The van der Waals surface area contributed by atoms with Gasteiger partial charge in [-0.25, -0.2) is 0 Å². The number of hydrogen-bond donors (Lipinski definition) is 2. The number of pyridine rings is 2. The van der Waals surface area contributed by atoms with Crippen LogP contribution in [-0.2, 0) is 6.54 Å². The first-order chi connectivity index (χ1) is 12.1. The van der Waals surface area contributed by atoms with Crippen molar-refractivity contribution in [3.8, 4) is 0 Å². The number of nitrogens with zero attached hydrogens (tertiary/aromatic N) is 2. The van der Waals surface area contributed by atoms with Crippen molar-refractivity contribution in [3.05, 3.63) is 83.4 Å². The van der Waals surface area contributed by atoms with E-state index >= 15 is 0 Å². The first-order valence-corrected chi connectivity index (χ1v) is 8.11. The summed E-state index contributed by atoms with van der Waals surface area (Å²) in [7, 11) is 0. The molecular formula is C20H20N4O. The number of hydrogen-bond acceptors (Lipinski definition) is 4. The maximum atomic E-state index is 12.5. The van der Waals surface area contributed by atoms with E-state index in [0.717, 1.165) is 28.2 Å². The van der Waals surface area contributed by atoms with E-state index in [4.69, 9.17) is 0 Å². The van der Waals surface area contributed by atoms with Crippen molar-refractivity contribution >= 4 is 17.3 Å². The zero-order chi connectivity index (χ0) is 17.6. The third-order valence-electron chi connectivity index (χ3n) is 4.05. The Labute approximate surface area is 147 Å². The molecule has 0 aliphatic carbocycles. The van der Waals surface area contributed by atoms with E-state index in [0.29, 0.717) is 12.2 Å². The first kappa shape index (κ1) is 16.6. The molecule has 5 heteroatoms. The molecular weight excluding hydrogens is 312 g/mol. The van der Waals surface area contributed by atoms with Gasteiger partial charge in [0.15, 0.2) is 0 Å². The van der Waals surface area contributed by atoms with Crippen molar-refractivity contribution in [1.82, 2.24) is 9.97 Å². The fraction of sp³-hybridized carbons (Fsp3) is 0.150. The SMILES string of the molecule is Cc1cccc(NC(=O)c2cc(NCc3ccccn3)ccn2)c1C. The Morgan fingerprint density at radius 1 is 1.00 bits per heavy atom. The predicted molar refractivity (Wildman–Crippen MR) is 99.7 cm³/mol. The number of rotatable bonds is 5. The van der Waals surface area contributed by atoms with E-state index in [2.05, 4.69) is 20.6 Å². The molecule has 0 saturated carbocycles. The fourth-order valence-corrected chi connectivity index (χ4v) is 2.43. The Morgan fingerprint density at radius 3 is 2.68 bits per heavy atom. The maximum Gasteiger partial charge on any atom is 0.274 e. The smallest absolute Gasteiger partial charge is 0.274 e. The lowest BCUT2D eigenvalue weighted by atomic mass is 10.1. The highest BCUT2D eigenvalue weighted by Crippen LogP contribution is 2.19. The lowest BCUT2D eigenvalue weighted by molar-refractivity contribution is 0.102. The van der Waals surface area contributed by atoms with Crippen molar-refractivity contribution in [2.45, 2.75) is 20.4 Å². The molecule has 3 rings (SSSR count). The molecule has 0 radical (unpaired) electrons. The van der Waals surface area contributed by atoms with Crippen LogP contribution in [0.3, 0.4) is 0 Å². The Bertz CT molecular complexity index is 878. The summed E-state index contributed by atoms with van der Waals surface area (Å²) >= 11 is 0. The molecule has 1 aromatic carbocycles. The van der Waals surface area contributed by atoms with Gasteiger partial charge in [0.1, 0.15) is 5.69 Å². The molecule has 126 valence electrons. The van der Waals surface area contributed by atoms with Crippen molar-refractivity contribution in [3.63, 3.8) is 0 Å². The zero-order valence-electron chi connectivity index (χ0n) is 14.3. The van der Waals surface area contributed by atoms with Crippen LogP contribution in [0.1, 0.15) is 27.3 Å². The van der Waals surface area contributed by atoms with Crippen LogP contribution in [0.2, 0.25) is 0 Å². The second-order valence-electron chi connectivity index (χ2n) is 5.81. The van der Waals surface area contributed by atoms with Crippen LogP contribution in [0.15, 0.2) is 60.9 Å².